The normalized spacial score (nSPS) is 18.8. The van der Waals surface area contributed by atoms with Crippen LogP contribution >= 0.6 is 0 Å². The zero-order valence-corrected chi connectivity index (χ0v) is 9.45. The Kier molecular flexibility index (Phi) is 3.24. The molecule has 1 aliphatic heterocycles. The van der Waals surface area contributed by atoms with Gasteiger partial charge in [0, 0.05) is 11.8 Å². The average molecular weight is 223 g/mol. The topological polar surface area (TPSA) is 69.0 Å². The van der Waals surface area contributed by atoms with Gasteiger partial charge in [0.2, 0.25) is 0 Å². The molecule has 88 valence electrons. The van der Waals surface area contributed by atoms with Crippen molar-refractivity contribution in [2.45, 2.75) is 25.7 Å². The number of piperidine rings is 1. The first-order valence-corrected chi connectivity index (χ1v) is 5.75. The van der Waals surface area contributed by atoms with Crippen molar-refractivity contribution in [3.63, 3.8) is 0 Å². The monoisotopic (exact) mass is 223 g/mol. The molecular weight excluding hydrogens is 206 g/mol. The lowest BCUT2D eigenvalue weighted by Crippen LogP contribution is -2.35. The smallest absolute Gasteiger partial charge is 0.314 e. The molecule has 0 spiro atoms. The fourth-order valence-corrected chi connectivity index (χ4v) is 2.28. The van der Waals surface area contributed by atoms with Gasteiger partial charge in [-0.15, -0.1) is 0 Å². The standard InChI is InChI=1S/C11H17N3O2/c1-2-14-5-3-8(4-6-14)9-7-12-11(16)13-10(9)15/h7-8H,2-6H2,1H3,(H2,12,13,15,16). The van der Waals surface area contributed by atoms with Crippen LogP contribution in [-0.2, 0) is 0 Å². The van der Waals surface area contributed by atoms with Gasteiger partial charge in [-0.3, -0.25) is 9.78 Å². The molecular formula is C11H17N3O2. The Morgan fingerprint density at radius 2 is 2.06 bits per heavy atom. The molecule has 0 amide bonds. The molecule has 5 nitrogen and oxygen atoms in total. The number of aromatic amines is 2. The Balaban J connectivity index is 2.14. The second-order valence-electron chi connectivity index (χ2n) is 4.24. The molecule has 0 aliphatic carbocycles. The SMILES string of the molecule is CCN1CCC(c2c[nH]c(=O)[nH]c2=O)CC1. The van der Waals surface area contributed by atoms with E-state index < -0.39 is 5.69 Å². The fraction of sp³-hybridized carbons (Fsp3) is 0.636. The maximum Gasteiger partial charge on any atom is 0.325 e. The van der Waals surface area contributed by atoms with E-state index in [0.717, 1.165) is 38.0 Å². The van der Waals surface area contributed by atoms with E-state index in [-0.39, 0.29) is 11.5 Å². The van der Waals surface area contributed by atoms with Crippen LogP contribution in [0, 0.1) is 0 Å². The summed E-state index contributed by atoms with van der Waals surface area (Å²) in [7, 11) is 0. The van der Waals surface area contributed by atoms with Crippen molar-refractivity contribution in [2.75, 3.05) is 19.6 Å². The predicted molar refractivity (Wildman–Crippen MR) is 61.8 cm³/mol. The van der Waals surface area contributed by atoms with E-state index in [0.29, 0.717) is 0 Å². The molecule has 0 bridgehead atoms. The van der Waals surface area contributed by atoms with E-state index >= 15 is 0 Å². The molecule has 0 saturated carbocycles. The van der Waals surface area contributed by atoms with Crippen LogP contribution in [-0.4, -0.2) is 34.5 Å². The van der Waals surface area contributed by atoms with E-state index in [1.165, 1.54) is 0 Å². The summed E-state index contributed by atoms with van der Waals surface area (Å²) in [5.74, 6) is 0.281. The van der Waals surface area contributed by atoms with Crippen molar-refractivity contribution in [3.8, 4) is 0 Å². The molecule has 2 N–H and O–H groups in total. The zero-order valence-electron chi connectivity index (χ0n) is 9.45. The lowest BCUT2D eigenvalue weighted by Gasteiger charge is -2.30. The second-order valence-corrected chi connectivity index (χ2v) is 4.24. The number of nitrogens with zero attached hydrogens (tertiary/aromatic N) is 1. The van der Waals surface area contributed by atoms with Gasteiger partial charge >= 0.3 is 5.69 Å². The van der Waals surface area contributed by atoms with E-state index in [1.54, 1.807) is 6.20 Å². The molecule has 16 heavy (non-hydrogen) atoms. The van der Waals surface area contributed by atoms with Crippen molar-refractivity contribution in [3.05, 3.63) is 32.6 Å². The Bertz CT molecular complexity index is 455. The molecule has 0 aromatic carbocycles. The molecule has 1 fully saturated rings. The minimum Gasteiger partial charge on any atom is -0.314 e. The van der Waals surface area contributed by atoms with Crippen LogP contribution in [0.25, 0.3) is 0 Å². The number of nitrogens with one attached hydrogen (secondary N) is 2. The van der Waals surface area contributed by atoms with Crippen LogP contribution in [0.3, 0.4) is 0 Å². The molecule has 1 aromatic rings. The number of aromatic nitrogens is 2. The van der Waals surface area contributed by atoms with Gasteiger partial charge < -0.3 is 9.88 Å². The quantitative estimate of drug-likeness (QED) is 0.755. The summed E-state index contributed by atoms with van der Waals surface area (Å²) >= 11 is 0. The Morgan fingerprint density at radius 3 is 2.62 bits per heavy atom. The minimum atomic E-state index is -0.431. The van der Waals surface area contributed by atoms with Crippen LogP contribution in [0.2, 0.25) is 0 Å². The Hall–Kier alpha value is -1.36. The number of rotatable bonds is 2. The van der Waals surface area contributed by atoms with E-state index in [1.807, 2.05) is 0 Å². The highest BCUT2D eigenvalue weighted by Crippen LogP contribution is 2.24. The predicted octanol–water partition coefficient (Wildman–Crippen LogP) is 0.263. The molecule has 2 rings (SSSR count). The highest BCUT2D eigenvalue weighted by molar-refractivity contribution is 5.11. The van der Waals surface area contributed by atoms with Gasteiger partial charge in [-0.25, -0.2) is 4.79 Å². The van der Waals surface area contributed by atoms with Crippen LogP contribution in [0.1, 0.15) is 31.2 Å². The first kappa shape index (κ1) is 11.1. The van der Waals surface area contributed by atoms with Crippen LogP contribution in [0.15, 0.2) is 15.8 Å². The molecule has 2 heterocycles. The van der Waals surface area contributed by atoms with E-state index in [9.17, 15) is 9.59 Å². The zero-order chi connectivity index (χ0) is 11.5. The van der Waals surface area contributed by atoms with Gasteiger partial charge in [0.1, 0.15) is 0 Å². The van der Waals surface area contributed by atoms with Crippen molar-refractivity contribution in [2.24, 2.45) is 0 Å². The molecule has 0 radical (unpaired) electrons. The minimum absolute atomic E-state index is 0.237. The highest BCUT2D eigenvalue weighted by Gasteiger charge is 2.21. The summed E-state index contributed by atoms with van der Waals surface area (Å²) in [5.41, 5.74) is 0.0498. The van der Waals surface area contributed by atoms with Crippen molar-refractivity contribution < 1.29 is 0 Å². The molecule has 0 unspecified atom stereocenters. The molecule has 1 saturated heterocycles. The average Bonchev–Trinajstić information content (AvgIpc) is 2.29. The first-order valence-electron chi connectivity index (χ1n) is 5.75. The summed E-state index contributed by atoms with van der Waals surface area (Å²) in [4.78, 5) is 29.7. The summed E-state index contributed by atoms with van der Waals surface area (Å²) in [5, 5.41) is 0. The second kappa shape index (κ2) is 4.65. The Morgan fingerprint density at radius 1 is 1.38 bits per heavy atom. The highest BCUT2D eigenvalue weighted by atomic mass is 16.2. The summed E-state index contributed by atoms with van der Waals surface area (Å²) in [6, 6.07) is 0. The largest absolute Gasteiger partial charge is 0.325 e. The van der Waals surface area contributed by atoms with Crippen molar-refractivity contribution >= 4 is 0 Å². The van der Waals surface area contributed by atoms with E-state index in [4.69, 9.17) is 0 Å². The number of H-pyrrole nitrogens is 2. The van der Waals surface area contributed by atoms with Gasteiger partial charge in [0.25, 0.3) is 5.56 Å². The van der Waals surface area contributed by atoms with Gasteiger partial charge in [0.05, 0.1) is 0 Å². The van der Waals surface area contributed by atoms with Gasteiger partial charge in [-0.2, -0.15) is 0 Å². The molecule has 1 aromatic heterocycles. The van der Waals surface area contributed by atoms with Crippen molar-refractivity contribution in [1.29, 1.82) is 0 Å². The van der Waals surface area contributed by atoms with Gasteiger partial charge in [0.15, 0.2) is 0 Å². The van der Waals surface area contributed by atoms with Gasteiger partial charge in [-0.05, 0) is 38.4 Å². The number of hydrogen-bond donors (Lipinski definition) is 2. The number of likely N-dealkylation sites (tertiary alicyclic amines) is 1. The summed E-state index contributed by atoms with van der Waals surface area (Å²) in [6.07, 6.45) is 3.54. The lowest BCUT2D eigenvalue weighted by molar-refractivity contribution is 0.221. The van der Waals surface area contributed by atoms with Gasteiger partial charge in [-0.1, -0.05) is 6.92 Å². The van der Waals surface area contributed by atoms with Crippen LogP contribution < -0.4 is 11.2 Å². The first-order chi connectivity index (χ1) is 7.70. The van der Waals surface area contributed by atoms with Crippen molar-refractivity contribution in [1.82, 2.24) is 14.9 Å². The third kappa shape index (κ3) is 2.24. The molecule has 5 heteroatoms. The summed E-state index contributed by atoms with van der Waals surface area (Å²) < 4.78 is 0. The maximum atomic E-state index is 11.6. The number of hydrogen-bond acceptors (Lipinski definition) is 3. The molecule has 0 atom stereocenters. The van der Waals surface area contributed by atoms with Crippen LogP contribution in [0.4, 0.5) is 0 Å². The lowest BCUT2D eigenvalue weighted by atomic mass is 9.91. The third-order valence-electron chi connectivity index (χ3n) is 3.32. The maximum absolute atomic E-state index is 11.6. The third-order valence-corrected chi connectivity index (χ3v) is 3.32. The van der Waals surface area contributed by atoms with E-state index in [2.05, 4.69) is 21.8 Å². The summed E-state index contributed by atoms with van der Waals surface area (Å²) in [6.45, 7) is 5.27. The Labute approximate surface area is 93.5 Å². The van der Waals surface area contributed by atoms with Crippen LogP contribution in [0.5, 0.6) is 0 Å². The fourth-order valence-electron chi connectivity index (χ4n) is 2.28. The molecule has 1 aliphatic rings.